The van der Waals surface area contributed by atoms with Crippen LogP contribution in [-0.4, -0.2) is 28.8 Å². The molecule has 1 N–H and O–H groups in total. The van der Waals surface area contributed by atoms with Crippen molar-refractivity contribution in [1.29, 1.82) is 0 Å². The van der Waals surface area contributed by atoms with Crippen LogP contribution in [0.1, 0.15) is 49.4 Å². The van der Waals surface area contributed by atoms with Gasteiger partial charge in [-0.3, -0.25) is 9.59 Å². The molecule has 0 radical (unpaired) electrons. The fourth-order valence-corrected chi connectivity index (χ4v) is 3.31. The maximum atomic E-state index is 14.2. The highest BCUT2D eigenvalue weighted by Gasteiger charge is 2.27. The molecule has 0 fully saturated rings. The summed E-state index contributed by atoms with van der Waals surface area (Å²) in [5, 5.41) is 2.92. The van der Waals surface area contributed by atoms with E-state index in [-0.39, 0.29) is 36.6 Å². The van der Waals surface area contributed by atoms with Crippen molar-refractivity contribution >= 4 is 11.8 Å². The molecule has 0 unspecified atom stereocenters. The molecular formula is C24H31FN2O2. The number of hydrogen-bond acceptors (Lipinski definition) is 2. The number of hydrogen-bond donors (Lipinski definition) is 1. The SMILES string of the molecule is CC[C@H](C)NC(=O)[C@@H](C)N(Cc1ccccc1F)C(=O)Cc1cc(C)cc(C)c1. The Morgan fingerprint density at radius 3 is 2.28 bits per heavy atom. The number of aryl methyl sites for hydroxylation is 2. The standard InChI is InChI=1S/C24H31FN2O2/c1-6-18(4)26-24(29)19(5)27(15-21-9-7-8-10-22(21)25)23(28)14-20-12-16(2)11-17(3)13-20/h7-13,18-19H,6,14-15H2,1-5H3,(H,26,29)/t18-,19+/m0/s1. The summed E-state index contributed by atoms with van der Waals surface area (Å²) in [5.41, 5.74) is 3.44. The lowest BCUT2D eigenvalue weighted by Crippen LogP contribution is -2.50. The third-order valence-corrected chi connectivity index (χ3v) is 5.10. The Morgan fingerprint density at radius 1 is 1.07 bits per heavy atom. The van der Waals surface area contributed by atoms with Crippen LogP contribution in [0.5, 0.6) is 0 Å². The molecule has 2 aromatic rings. The highest BCUT2D eigenvalue weighted by atomic mass is 19.1. The van der Waals surface area contributed by atoms with E-state index in [1.54, 1.807) is 25.1 Å². The number of nitrogens with zero attached hydrogens (tertiary/aromatic N) is 1. The molecule has 0 saturated carbocycles. The third-order valence-electron chi connectivity index (χ3n) is 5.10. The summed E-state index contributed by atoms with van der Waals surface area (Å²) in [7, 11) is 0. The van der Waals surface area contributed by atoms with Crippen molar-refractivity contribution in [3.8, 4) is 0 Å². The largest absolute Gasteiger partial charge is 0.352 e. The Kier molecular flexibility index (Phi) is 7.94. The van der Waals surface area contributed by atoms with Gasteiger partial charge in [-0.1, -0.05) is 54.4 Å². The molecule has 2 atom stereocenters. The maximum Gasteiger partial charge on any atom is 0.242 e. The molecule has 2 aromatic carbocycles. The van der Waals surface area contributed by atoms with Gasteiger partial charge in [-0.2, -0.15) is 0 Å². The van der Waals surface area contributed by atoms with Crippen molar-refractivity contribution in [1.82, 2.24) is 10.2 Å². The highest BCUT2D eigenvalue weighted by Crippen LogP contribution is 2.16. The van der Waals surface area contributed by atoms with Gasteiger partial charge in [0, 0.05) is 18.2 Å². The zero-order valence-electron chi connectivity index (χ0n) is 18.0. The maximum absolute atomic E-state index is 14.2. The van der Waals surface area contributed by atoms with E-state index >= 15 is 0 Å². The van der Waals surface area contributed by atoms with Crippen LogP contribution in [0.3, 0.4) is 0 Å². The van der Waals surface area contributed by atoms with Crippen LogP contribution in [0.4, 0.5) is 4.39 Å². The minimum Gasteiger partial charge on any atom is -0.352 e. The minimum absolute atomic E-state index is 0.00906. The van der Waals surface area contributed by atoms with Crippen molar-refractivity contribution in [2.24, 2.45) is 0 Å². The second kappa shape index (κ2) is 10.2. The fraction of sp³-hybridized carbons (Fsp3) is 0.417. The number of carbonyl (C=O) groups is 2. The van der Waals surface area contributed by atoms with Gasteiger partial charge in [0.15, 0.2) is 0 Å². The predicted octanol–water partition coefficient (Wildman–Crippen LogP) is 4.32. The van der Waals surface area contributed by atoms with Gasteiger partial charge in [-0.05, 0) is 45.7 Å². The van der Waals surface area contributed by atoms with Crippen LogP contribution in [0.25, 0.3) is 0 Å². The molecule has 5 heteroatoms. The first-order valence-corrected chi connectivity index (χ1v) is 10.1. The third kappa shape index (κ3) is 6.41. The molecule has 2 rings (SSSR count). The zero-order chi connectivity index (χ0) is 21.6. The van der Waals surface area contributed by atoms with Crippen molar-refractivity contribution in [3.63, 3.8) is 0 Å². The van der Waals surface area contributed by atoms with Gasteiger partial charge < -0.3 is 10.2 Å². The lowest BCUT2D eigenvalue weighted by molar-refractivity contribution is -0.140. The van der Waals surface area contributed by atoms with Gasteiger partial charge in [-0.25, -0.2) is 4.39 Å². The lowest BCUT2D eigenvalue weighted by atomic mass is 10.0. The van der Waals surface area contributed by atoms with Crippen LogP contribution in [0.15, 0.2) is 42.5 Å². The van der Waals surface area contributed by atoms with E-state index in [0.717, 1.165) is 23.1 Å². The first-order valence-electron chi connectivity index (χ1n) is 10.1. The summed E-state index contributed by atoms with van der Waals surface area (Å²) >= 11 is 0. The molecule has 0 aliphatic heterocycles. The molecule has 0 heterocycles. The summed E-state index contributed by atoms with van der Waals surface area (Å²) in [6, 6.07) is 11.6. The van der Waals surface area contributed by atoms with Crippen LogP contribution >= 0.6 is 0 Å². The molecule has 0 aliphatic carbocycles. The van der Waals surface area contributed by atoms with E-state index in [1.807, 2.05) is 45.9 Å². The minimum atomic E-state index is -0.706. The first-order chi connectivity index (χ1) is 13.7. The molecule has 0 saturated heterocycles. The van der Waals surface area contributed by atoms with Gasteiger partial charge in [0.2, 0.25) is 11.8 Å². The molecule has 0 spiro atoms. The van der Waals surface area contributed by atoms with Gasteiger partial charge in [-0.15, -0.1) is 0 Å². The van der Waals surface area contributed by atoms with Crippen molar-refractivity contribution in [3.05, 3.63) is 70.5 Å². The highest BCUT2D eigenvalue weighted by molar-refractivity contribution is 5.88. The lowest BCUT2D eigenvalue weighted by Gasteiger charge is -2.30. The fourth-order valence-electron chi connectivity index (χ4n) is 3.31. The molecule has 0 bridgehead atoms. The van der Waals surface area contributed by atoms with Crippen LogP contribution in [-0.2, 0) is 22.6 Å². The van der Waals surface area contributed by atoms with E-state index in [4.69, 9.17) is 0 Å². The molecule has 0 aliphatic rings. The Balaban J connectivity index is 2.28. The second-order valence-corrected chi connectivity index (χ2v) is 7.78. The average molecular weight is 399 g/mol. The zero-order valence-corrected chi connectivity index (χ0v) is 18.0. The first kappa shape index (κ1) is 22.6. The molecule has 2 amide bonds. The van der Waals surface area contributed by atoms with Crippen molar-refractivity contribution < 1.29 is 14.0 Å². The smallest absolute Gasteiger partial charge is 0.242 e. The number of nitrogens with one attached hydrogen (secondary N) is 1. The van der Waals surface area contributed by atoms with E-state index in [0.29, 0.717) is 5.56 Å². The predicted molar refractivity (Wildman–Crippen MR) is 114 cm³/mol. The number of benzene rings is 2. The Bertz CT molecular complexity index is 845. The van der Waals surface area contributed by atoms with Crippen LogP contribution in [0.2, 0.25) is 0 Å². The Labute approximate surface area is 173 Å². The van der Waals surface area contributed by atoms with E-state index < -0.39 is 6.04 Å². The van der Waals surface area contributed by atoms with Crippen LogP contribution in [0, 0.1) is 19.7 Å². The normalized spacial score (nSPS) is 12.9. The van der Waals surface area contributed by atoms with Gasteiger partial charge in [0.05, 0.1) is 6.42 Å². The summed E-state index contributed by atoms with van der Waals surface area (Å²) < 4.78 is 14.2. The topological polar surface area (TPSA) is 49.4 Å². The van der Waals surface area contributed by atoms with E-state index in [2.05, 4.69) is 5.32 Å². The summed E-state index contributed by atoms with van der Waals surface area (Å²) in [6.45, 7) is 9.62. The van der Waals surface area contributed by atoms with Crippen LogP contribution < -0.4 is 5.32 Å². The van der Waals surface area contributed by atoms with E-state index in [1.165, 1.54) is 11.0 Å². The Morgan fingerprint density at radius 2 is 1.69 bits per heavy atom. The quantitative estimate of drug-likeness (QED) is 0.720. The van der Waals surface area contributed by atoms with Crippen molar-refractivity contribution in [2.75, 3.05) is 0 Å². The molecular weight excluding hydrogens is 367 g/mol. The average Bonchev–Trinajstić information content (AvgIpc) is 2.65. The number of halogens is 1. The van der Waals surface area contributed by atoms with Crippen molar-refractivity contribution in [2.45, 2.75) is 66.1 Å². The van der Waals surface area contributed by atoms with Gasteiger partial charge >= 0.3 is 0 Å². The van der Waals surface area contributed by atoms with Gasteiger partial charge in [0.1, 0.15) is 11.9 Å². The summed E-state index contributed by atoms with van der Waals surface area (Å²) in [5.74, 6) is -0.819. The van der Waals surface area contributed by atoms with Gasteiger partial charge in [0.25, 0.3) is 0 Å². The monoisotopic (exact) mass is 398 g/mol. The molecule has 29 heavy (non-hydrogen) atoms. The molecule has 0 aromatic heterocycles. The Hall–Kier alpha value is -2.69. The summed E-state index contributed by atoms with van der Waals surface area (Å²) in [6.07, 6.45) is 0.959. The number of rotatable bonds is 8. The summed E-state index contributed by atoms with van der Waals surface area (Å²) in [4.78, 5) is 27.3. The molecule has 4 nitrogen and oxygen atoms in total. The number of amides is 2. The number of carbonyl (C=O) groups excluding carboxylic acids is 2. The second-order valence-electron chi connectivity index (χ2n) is 7.78. The van der Waals surface area contributed by atoms with E-state index in [9.17, 15) is 14.0 Å². The molecule has 156 valence electrons.